The van der Waals surface area contributed by atoms with Crippen molar-refractivity contribution < 1.29 is 14.3 Å². The average Bonchev–Trinajstić information content (AvgIpc) is 2.75. The second-order valence-electron chi connectivity index (χ2n) is 7.21. The van der Waals surface area contributed by atoms with Gasteiger partial charge in [-0.2, -0.15) is 0 Å². The molecule has 162 valence electrons. The number of anilines is 3. The number of benzene rings is 2. The van der Waals surface area contributed by atoms with Crippen LogP contribution in [0.5, 0.6) is 11.5 Å². The molecule has 1 saturated heterocycles. The summed E-state index contributed by atoms with van der Waals surface area (Å²) in [5.74, 6) is 1.22. The molecular weight excluding hydrogens is 404 g/mol. The lowest BCUT2D eigenvalue weighted by molar-refractivity contribution is 0.257. The van der Waals surface area contributed by atoms with Gasteiger partial charge in [-0.25, -0.2) is 4.79 Å². The first-order valence-corrected chi connectivity index (χ1v) is 10.4. The number of hydrogen-bond acceptors (Lipinski definition) is 5. The van der Waals surface area contributed by atoms with Crippen LogP contribution in [0.1, 0.15) is 6.92 Å². The van der Waals surface area contributed by atoms with E-state index in [4.69, 9.17) is 21.1 Å². The zero-order chi connectivity index (χ0) is 21.7. The molecule has 1 fully saturated rings. The highest BCUT2D eigenvalue weighted by Crippen LogP contribution is 2.32. The smallest absolute Gasteiger partial charge is 0.326 e. The predicted molar refractivity (Wildman–Crippen MR) is 123 cm³/mol. The molecule has 3 rings (SSSR count). The van der Waals surface area contributed by atoms with Gasteiger partial charge in [-0.05, 0) is 44.3 Å². The number of rotatable bonds is 6. The summed E-state index contributed by atoms with van der Waals surface area (Å²) >= 11 is 6.19. The molecule has 2 aromatic carbocycles. The van der Waals surface area contributed by atoms with Gasteiger partial charge < -0.3 is 24.6 Å². The maximum atomic E-state index is 12.8. The van der Waals surface area contributed by atoms with E-state index in [9.17, 15) is 4.79 Å². The third kappa shape index (κ3) is 5.09. The largest absolute Gasteiger partial charge is 0.495 e. The summed E-state index contributed by atoms with van der Waals surface area (Å²) in [5.41, 5.74) is 2.39. The molecule has 0 unspecified atom stereocenters. The first kappa shape index (κ1) is 22.1. The van der Waals surface area contributed by atoms with Crippen molar-refractivity contribution in [2.24, 2.45) is 0 Å². The predicted octanol–water partition coefficient (Wildman–Crippen LogP) is 4.17. The molecule has 0 atom stereocenters. The summed E-state index contributed by atoms with van der Waals surface area (Å²) < 4.78 is 11.0. The molecule has 0 aromatic heterocycles. The summed E-state index contributed by atoms with van der Waals surface area (Å²) in [6, 6.07) is 10.8. The Bertz CT molecular complexity index is 885. The number of carbonyl (C=O) groups excluding carboxylic acids is 1. The average molecular weight is 433 g/mol. The molecule has 1 aliphatic rings. The lowest BCUT2D eigenvalue weighted by Gasteiger charge is -2.34. The standard InChI is InChI=1S/C22H29ClN4O3/c1-5-30-21-15-17(27-12-10-25(2)11-13-27)6-8-19(21)24-22(28)26(3)16-7-9-20(29-4)18(23)14-16/h6-9,14-15H,5,10-13H2,1-4H3,(H,24,28). The summed E-state index contributed by atoms with van der Waals surface area (Å²) in [7, 11) is 5.37. The number of methoxy groups -OCH3 is 1. The van der Waals surface area contributed by atoms with Crippen LogP contribution in [0.25, 0.3) is 0 Å². The molecule has 0 spiro atoms. The number of ether oxygens (including phenoxy) is 2. The fourth-order valence-electron chi connectivity index (χ4n) is 3.33. The van der Waals surface area contributed by atoms with Crippen LogP contribution in [0.2, 0.25) is 5.02 Å². The van der Waals surface area contributed by atoms with Gasteiger partial charge in [0, 0.05) is 50.7 Å². The molecule has 1 N–H and O–H groups in total. The highest BCUT2D eigenvalue weighted by Gasteiger charge is 2.18. The van der Waals surface area contributed by atoms with Crippen molar-refractivity contribution in [3.05, 3.63) is 41.4 Å². The molecule has 0 aliphatic carbocycles. The van der Waals surface area contributed by atoms with Crippen molar-refractivity contribution in [1.82, 2.24) is 4.90 Å². The quantitative estimate of drug-likeness (QED) is 0.742. The maximum absolute atomic E-state index is 12.8. The zero-order valence-electron chi connectivity index (χ0n) is 17.9. The number of likely N-dealkylation sites (N-methyl/N-ethyl adjacent to an activating group) is 1. The van der Waals surface area contributed by atoms with E-state index >= 15 is 0 Å². The molecule has 7 nitrogen and oxygen atoms in total. The van der Waals surface area contributed by atoms with Crippen LogP contribution < -0.4 is 24.6 Å². The van der Waals surface area contributed by atoms with E-state index in [0.717, 1.165) is 31.9 Å². The first-order valence-electron chi connectivity index (χ1n) is 10.0. The number of urea groups is 1. The molecule has 2 aromatic rings. The third-order valence-electron chi connectivity index (χ3n) is 5.20. The molecule has 0 radical (unpaired) electrons. The Morgan fingerprint density at radius 2 is 1.87 bits per heavy atom. The Hall–Kier alpha value is -2.64. The summed E-state index contributed by atoms with van der Waals surface area (Å²) in [6.07, 6.45) is 0. The van der Waals surface area contributed by atoms with Gasteiger partial charge in [0.15, 0.2) is 0 Å². The van der Waals surface area contributed by atoms with Crippen molar-refractivity contribution in [1.29, 1.82) is 0 Å². The highest BCUT2D eigenvalue weighted by atomic mass is 35.5. The SMILES string of the molecule is CCOc1cc(N2CCN(C)CC2)ccc1NC(=O)N(C)c1ccc(OC)c(Cl)c1. The van der Waals surface area contributed by atoms with Crippen molar-refractivity contribution in [3.8, 4) is 11.5 Å². The molecule has 1 heterocycles. The number of hydrogen-bond donors (Lipinski definition) is 1. The maximum Gasteiger partial charge on any atom is 0.326 e. The number of piperazine rings is 1. The van der Waals surface area contributed by atoms with Crippen LogP contribution >= 0.6 is 11.6 Å². The molecular formula is C22H29ClN4O3. The summed E-state index contributed by atoms with van der Waals surface area (Å²) in [6.45, 7) is 6.43. The zero-order valence-corrected chi connectivity index (χ0v) is 18.7. The van der Waals surface area contributed by atoms with Gasteiger partial charge in [-0.15, -0.1) is 0 Å². The second-order valence-corrected chi connectivity index (χ2v) is 7.62. The van der Waals surface area contributed by atoms with Gasteiger partial charge in [-0.1, -0.05) is 11.6 Å². The Morgan fingerprint density at radius 1 is 1.13 bits per heavy atom. The van der Waals surface area contributed by atoms with Crippen LogP contribution in [0.3, 0.4) is 0 Å². The van der Waals surface area contributed by atoms with Gasteiger partial charge in [0.25, 0.3) is 0 Å². The monoisotopic (exact) mass is 432 g/mol. The molecule has 0 bridgehead atoms. The number of carbonyl (C=O) groups is 1. The van der Waals surface area contributed by atoms with Gasteiger partial charge in [0.05, 0.1) is 24.4 Å². The van der Waals surface area contributed by atoms with E-state index in [-0.39, 0.29) is 6.03 Å². The van der Waals surface area contributed by atoms with Gasteiger partial charge in [-0.3, -0.25) is 4.90 Å². The fourth-order valence-corrected chi connectivity index (χ4v) is 3.58. The van der Waals surface area contributed by atoms with E-state index < -0.39 is 0 Å². The highest BCUT2D eigenvalue weighted by molar-refractivity contribution is 6.32. The Balaban J connectivity index is 1.75. The lowest BCUT2D eigenvalue weighted by Crippen LogP contribution is -2.44. The fraction of sp³-hybridized carbons (Fsp3) is 0.409. The molecule has 8 heteroatoms. The number of nitrogens with one attached hydrogen (secondary N) is 1. The Morgan fingerprint density at radius 3 is 2.50 bits per heavy atom. The van der Waals surface area contributed by atoms with Crippen LogP contribution in [0.15, 0.2) is 36.4 Å². The lowest BCUT2D eigenvalue weighted by atomic mass is 10.2. The van der Waals surface area contributed by atoms with Crippen molar-refractivity contribution in [3.63, 3.8) is 0 Å². The van der Waals surface area contributed by atoms with E-state index in [2.05, 4.69) is 22.2 Å². The number of halogens is 1. The molecule has 2 amide bonds. The van der Waals surface area contributed by atoms with Gasteiger partial charge >= 0.3 is 6.03 Å². The van der Waals surface area contributed by atoms with Crippen LogP contribution in [0.4, 0.5) is 21.9 Å². The van der Waals surface area contributed by atoms with Crippen molar-refractivity contribution in [2.45, 2.75) is 6.92 Å². The summed E-state index contributed by atoms with van der Waals surface area (Å²) in [5, 5.41) is 3.39. The van der Waals surface area contributed by atoms with Gasteiger partial charge in [0.2, 0.25) is 0 Å². The second kappa shape index (κ2) is 9.91. The van der Waals surface area contributed by atoms with E-state index in [1.54, 1.807) is 32.4 Å². The minimum atomic E-state index is -0.287. The Kier molecular flexibility index (Phi) is 7.29. The Labute approximate surface area is 183 Å². The molecule has 1 aliphatic heterocycles. The van der Waals surface area contributed by atoms with Gasteiger partial charge in [0.1, 0.15) is 11.5 Å². The van der Waals surface area contributed by atoms with E-state index in [1.807, 2.05) is 25.1 Å². The molecule has 0 saturated carbocycles. The van der Waals surface area contributed by atoms with Crippen molar-refractivity contribution in [2.75, 3.05) is 69.1 Å². The van der Waals surface area contributed by atoms with E-state index in [0.29, 0.717) is 34.5 Å². The number of nitrogens with zero attached hydrogens (tertiary/aromatic N) is 3. The minimum Gasteiger partial charge on any atom is -0.495 e. The molecule has 30 heavy (non-hydrogen) atoms. The topological polar surface area (TPSA) is 57.3 Å². The van der Waals surface area contributed by atoms with Crippen LogP contribution in [-0.2, 0) is 0 Å². The summed E-state index contributed by atoms with van der Waals surface area (Å²) in [4.78, 5) is 19.0. The minimum absolute atomic E-state index is 0.287. The van der Waals surface area contributed by atoms with Crippen molar-refractivity contribution >= 4 is 34.7 Å². The van der Waals surface area contributed by atoms with E-state index in [1.165, 1.54) is 4.90 Å². The van der Waals surface area contributed by atoms with Crippen LogP contribution in [-0.4, -0.2) is 64.9 Å². The normalized spacial score (nSPS) is 14.4. The first-order chi connectivity index (χ1) is 14.4. The third-order valence-corrected chi connectivity index (χ3v) is 5.50. The van der Waals surface area contributed by atoms with Crippen LogP contribution in [0, 0.1) is 0 Å². The number of amides is 2.